The molecule has 0 bridgehead atoms. The van der Waals surface area contributed by atoms with Crippen LogP contribution in [0.25, 0.3) is 0 Å². The monoisotopic (exact) mass is 382 g/mol. The van der Waals surface area contributed by atoms with Crippen molar-refractivity contribution in [2.24, 2.45) is 0 Å². The topological polar surface area (TPSA) is 58.6 Å². The molecule has 0 radical (unpaired) electrons. The van der Waals surface area contributed by atoms with E-state index in [0.29, 0.717) is 6.54 Å². The van der Waals surface area contributed by atoms with Crippen LogP contribution in [0.4, 0.5) is 0 Å². The quantitative estimate of drug-likeness (QED) is 0.721. The number of carbonyl (C=O) groups is 2. The van der Waals surface area contributed by atoms with Crippen molar-refractivity contribution in [1.29, 1.82) is 0 Å². The van der Waals surface area contributed by atoms with Crippen LogP contribution in [-0.4, -0.2) is 35.9 Å². The van der Waals surface area contributed by atoms with Crippen molar-refractivity contribution in [3.63, 3.8) is 0 Å². The molecule has 0 saturated carbocycles. The number of methoxy groups -OCH3 is 1. The largest absolute Gasteiger partial charge is 0.497 e. The molecule has 1 N–H and O–H groups in total. The Labute approximate surface area is 167 Å². The van der Waals surface area contributed by atoms with E-state index < -0.39 is 6.04 Å². The van der Waals surface area contributed by atoms with E-state index in [1.165, 1.54) is 0 Å². The van der Waals surface area contributed by atoms with Crippen LogP contribution in [0.5, 0.6) is 5.75 Å². The molecule has 2 aromatic rings. The van der Waals surface area contributed by atoms with Gasteiger partial charge in [0.05, 0.1) is 13.5 Å². The Bertz CT molecular complexity index is 776. The minimum absolute atomic E-state index is 0.0674. The molecule has 5 heteroatoms. The molecule has 0 aliphatic carbocycles. The van der Waals surface area contributed by atoms with Crippen molar-refractivity contribution >= 4 is 11.8 Å². The van der Waals surface area contributed by atoms with Crippen LogP contribution >= 0.6 is 0 Å². The van der Waals surface area contributed by atoms with Gasteiger partial charge in [-0.3, -0.25) is 9.59 Å². The van der Waals surface area contributed by atoms with Crippen LogP contribution in [-0.2, 0) is 22.6 Å². The molecule has 2 atom stereocenters. The fourth-order valence-electron chi connectivity index (χ4n) is 2.89. The minimum atomic E-state index is -0.573. The molecule has 0 heterocycles. The summed E-state index contributed by atoms with van der Waals surface area (Å²) in [6.45, 7) is 6.10. The molecule has 28 heavy (non-hydrogen) atoms. The van der Waals surface area contributed by atoms with Crippen molar-refractivity contribution < 1.29 is 14.3 Å². The van der Waals surface area contributed by atoms with E-state index in [0.717, 1.165) is 23.3 Å². The zero-order valence-electron chi connectivity index (χ0n) is 17.1. The van der Waals surface area contributed by atoms with Gasteiger partial charge in [0.15, 0.2) is 0 Å². The third-order valence-electron chi connectivity index (χ3n) is 4.85. The molecule has 0 spiro atoms. The van der Waals surface area contributed by atoms with Gasteiger partial charge in [-0.1, -0.05) is 49.4 Å². The Hall–Kier alpha value is -2.82. The smallest absolute Gasteiger partial charge is 0.242 e. The van der Waals surface area contributed by atoms with Crippen LogP contribution in [0.15, 0.2) is 54.6 Å². The highest BCUT2D eigenvalue weighted by Gasteiger charge is 2.26. The number of nitrogens with one attached hydrogen (secondary N) is 1. The molecule has 0 unspecified atom stereocenters. The standard InChI is InChI=1S/C23H30N2O3/c1-5-17(2)24-23(27)18(3)25(16-20-12-9-13-21(14-20)28-4)22(26)15-19-10-7-6-8-11-19/h6-14,17-18H,5,15-16H2,1-4H3,(H,24,27)/t17-,18+/m1/s1. The molecule has 2 aromatic carbocycles. The third kappa shape index (κ3) is 6.12. The number of hydrogen-bond donors (Lipinski definition) is 1. The van der Waals surface area contributed by atoms with Gasteiger partial charge in [0.1, 0.15) is 11.8 Å². The molecule has 0 aliphatic rings. The SMILES string of the molecule is CC[C@@H](C)NC(=O)[C@H](C)N(Cc1cccc(OC)c1)C(=O)Cc1ccccc1. The van der Waals surface area contributed by atoms with E-state index in [-0.39, 0.29) is 24.3 Å². The van der Waals surface area contributed by atoms with E-state index in [9.17, 15) is 9.59 Å². The van der Waals surface area contributed by atoms with Gasteiger partial charge in [-0.2, -0.15) is 0 Å². The van der Waals surface area contributed by atoms with E-state index in [4.69, 9.17) is 4.74 Å². The van der Waals surface area contributed by atoms with Gasteiger partial charge >= 0.3 is 0 Å². The predicted octanol–water partition coefficient (Wildman–Crippen LogP) is 3.57. The molecule has 0 aromatic heterocycles. The highest BCUT2D eigenvalue weighted by atomic mass is 16.5. The van der Waals surface area contributed by atoms with Crippen molar-refractivity contribution in [3.8, 4) is 5.75 Å². The maximum Gasteiger partial charge on any atom is 0.242 e. The van der Waals surface area contributed by atoms with Crippen molar-refractivity contribution in [2.45, 2.75) is 52.2 Å². The molecule has 0 fully saturated rings. The lowest BCUT2D eigenvalue weighted by Crippen LogP contribution is -2.49. The second-order valence-electron chi connectivity index (χ2n) is 7.03. The highest BCUT2D eigenvalue weighted by Crippen LogP contribution is 2.17. The van der Waals surface area contributed by atoms with E-state index >= 15 is 0 Å². The summed E-state index contributed by atoms with van der Waals surface area (Å²) >= 11 is 0. The van der Waals surface area contributed by atoms with Crippen molar-refractivity contribution in [1.82, 2.24) is 10.2 Å². The number of nitrogens with zero attached hydrogens (tertiary/aromatic N) is 1. The summed E-state index contributed by atoms with van der Waals surface area (Å²) in [6.07, 6.45) is 1.10. The fourth-order valence-corrected chi connectivity index (χ4v) is 2.89. The molecular weight excluding hydrogens is 352 g/mol. The lowest BCUT2D eigenvalue weighted by atomic mass is 10.1. The first-order valence-corrected chi connectivity index (χ1v) is 9.71. The van der Waals surface area contributed by atoms with Crippen LogP contribution in [0.3, 0.4) is 0 Å². The number of benzene rings is 2. The molecule has 2 amide bonds. The van der Waals surface area contributed by atoms with Gasteiger partial charge in [-0.15, -0.1) is 0 Å². The van der Waals surface area contributed by atoms with E-state index in [1.54, 1.807) is 18.9 Å². The summed E-state index contributed by atoms with van der Waals surface area (Å²) in [5.74, 6) is 0.504. The zero-order valence-corrected chi connectivity index (χ0v) is 17.1. The number of rotatable bonds is 9. The maximum atomic E-state index is 13.1. The average molecular weight is 383 g/mol. The van der Waals surface area contributed by atoms with Gasteiger partial charge in [-0.05, 0) is 43.5 Å². The molecule has 150 valence electrons. The van der Waals surface area contributed by atoms with Crippen LogP contribution in [0.2, 0.25) is 0 Å². The van der Waals surface area contributed by atoms with E-state index in [1.807, 2.05) is 68.4 Å². The third-order valence-corrected chi connectivity index (χ3v) is 4.85. The summed E-state index contributed by atoms with van der Waals surface area (Å²) in [6, 6.07) is 16.7. The Morgan fingerprint density at radius 1 is 1.04 bits per heavy atom. The first-order valence-electron chi connectivity index (χ1n) is 9.71. The van der Waals surface area contributed by atoms with Crippen LogP contribution < -0.4 is 10.1 Å². The number of hydrogen-bond acceptors (Lipinski definition) is 3. The van der Waals surface area contributed by atoms with Crippen molar-refractivity contribution in [3.05, 3.63) is 65.7 Å². The highest BCUT2D eigenvalue weighted by molar-refractivity contribution is 5.88. The average Bonchev–Trinajstić information content (AvgIpc) is 2.72. The summed E-state index contributed by atoms with van der Waals surface area (Å²) in [5, 5.41) is 2.98. The zero-order chi connectivity index (χ0) is 20.5. The summed E-state index contributed by atoms with van der Waals surface area (Å²) in [4.78, 5) is 27.4. The Morgan fingerprint density at radius 2 is 1.71 bits per heavy atom. The minimum Gasteiger partial charge on any atom is -0.497 e. The first kappa shape index (κ1) is 21.5. The Kier molecular flexibility index (Phi) is 8.05. The second-order valence-corrected chi connectivity index (χ2v) is 7.03. The first-order chi connectivity index (χ1) is 13.4. The molecule has 5 nitrogen and oxygen atoms in total. The predicted molar refractivity (Wildman–Crippen MR) is 111 cm³/mol. The van der Waals surface area contributed by atoms with Gasteiger partial charge in [-0.25, -0.2) is 0 Å². The van der Waals surface area contributed by atoms with Crippen LogP contribution in [0.1, 0.15) is 38.3 Å². The molecule has 0 saturated heterocycles. The second kappa shape index (κ2) is 10.5. The molecular formula is C23H30N2O3. The van der Waals surface area contributed by atoms with Gasteiger partial charge < -0.3 is 15.0 Å². The van der Waals surface area contributed by atoms with Crippen molar-refractivity contribution in [2.75, 3.05) is 7.11 Å². The summed E-state index contributed by atoms with van der Waals surface area (Å²) < 4.78 is 5.28. The maximum absolute atomic E-state index is 13.1. The van der Waals surface area contributed by atoms with Gasteiger partial charge in [0.25, 0.3) is 0 Å². The fraction of sp³-hybridized carbons (Fsp3) is 0.391. The Morgan fingerprint density at radius 3 is 2.36 bits per heavy atom. The molecule has 0 aliphatic heterocycles. The van der Waals surface area contributed by atoms with Crippen LogP contribution in [0, 0.1) is 0 Å². The van der Waals surface area contributed by atoms with E-state index in [2.05, 4.69) is 5.32 Å². The lowest BCUT2D eigenvalue weighted by molar-refractivity contribution is -0.140. The number of carbonyl (C=O) groups excluding carboxylic acids is 2. The number of ether oxygens (including phenoxy) is 1. The van der Waals surface area contributed by atoms with Gasteiger partial charge in [0.2, 0.25) is 11.8 Å². The molecule has 2 rings (SSSR count). The number of amides is 2. The summed E-state index contributed by atoms with van der Waals surface area (Å²) in [7, 11) is 1.61. The Balaban J connectivity index is 2.22. The van der Waals surface area contributed by atoms with Gasteiger partial charge in [0, 0.05) is 12.6 Å². The normalized spacial score (nSPS) is 12.7. The lowest BCUT2D eigenvalue weighted by Gasteiger charge is -2.30. The summed E-state index contributed by atoms with van der Waals surface area (Å²) in [5.41, 5.74) is 1.85.